The molecule has 1 heterocycles. The van der Waals surface area contributed by atoms with E-state index < -0.39 is 0 Å². The molecule has 0 aromatic carbocycles. The molecule has 1 atom stereocenters. The van der Waals surface area contributed by atoms with Crippen LogP contribution in [0.4, 0.5) is 0 Å². The number of carbonyl (C=O) groups is 1. The molecule has 0 amide bonds. The third-order valence-electron chi connectivity index (χ3n) is 1.40. The van der Waals surface area contributed by atoms with Gasteiger partial charge in [0.15, 0.2) is 0 Å². The van der Waals surface area contributed by atoms with Crippen LogP contribution in [-0.2, 0) is 9.53 Å². The fraction of sp³-hybridized carbons (Fsp3) is 0.889. The Hall–Kier alpha value is -0.610. The lowest BCUT2D eigenvalue weighted by molar-refractivity contribution is -0.126. The Bertz CT molecular complexity index is 92.9. The maximum Gasteiger partial charge on any atom is 0.292 e. The van der Waals surface area contributed by atoms with Gasteiger partial charge in [-0.25, -0.2) is 0 Å². The monoisotopic (exact) mass is 191 g/mol. The fourth-order valence-electron chi connectivity index (χ4n) is 0.799. The lowest BCUT2D eigenvalue weighted by Crippen LogP contribution is -2.06. The van der Waals surface area contributed by atoms with E-state index in [1.165, 1.54) is 26.6 Å². The third kappa shape index (κ3) is 18.4. The molecular formula is C9H21NO3. The minimum Gasteiger partial charge on any atom is -0.471 e. The second kappa shape index (κ2) is 13.9. The van der Waals surface area contributed by atoms with Gasteiger partial charge in [-0.3, -0.25) is 4.79 Å². The summed E-state index contributed by atoms with van der Waals surface area (Å²) in [5, 5.41) is 10.8. The lowest BCUT2D eigenvalue weighted by Gasteiger charge is -1.90. The summed E-state index contributed by atoms with van der Waals surface area (Å²) >= 11 is 0. The molecule has 1 saturated heterocycles. The summed E-state index contributed by atoms with van der Waals surface area (Å²) in [5.41, 5.74) is 0. The molecule has 0 aromatic rings. The van der Waals surface area contributed by atoms with Gasteiger partial charge < -0.3 is 15.2 Å². The summed E-state index contributed by atoms with van der Waals surface area (Å²) in [4.78, 5) is 8.95. The molecule has 80 valence electrons. The summed E-state index contributed by atoms with van der Waals surface area (Å²) in [7, 11) is 1.31. The smallest absolute Gasteiger partial charge is 0.292 e. The van der Waals surface area contributed by atoms with Crippen LogP contribution in [0.2, 0.25) is 0 Å². The fourth-order valence-corrected chi connectivity index (χ4v) is 0.799. The first-order valence-electron chi connectivity index (χ1n) is 4.50. The summed E-state index contributed by atoms with van der Waals surface area (Å²) in [6.45, 7) is 7.06. The molecule has 1 fully saturated rings. The van der Waals surface area contributed by atoms with Crippen molar-refractivity contribution in [3.8, 4) is 0 Å². The zero-order valence-electron chi connectivity index (χ0n) is 8.75. The third-order valence-corrected chi connectivity index (χ3v) is 1.40. The second-order valence-electron chi connectivity index (χ2n) is 2.75. The van der Waals surface area contributed by atoms with Gasteiger partial charge in [-0.15, -0.1) is 0 Å². The average molecular weight is 191 g/mol. The molecule has 0 aromatic heterocycles. The number of rotatable bonds is 1. The van der Waals surface area contributed by atoms with E-state index in [2.05, 4.69) is 17.0 Å². The van der Waals surface area contributed by atoms with Crippen molar-refractivity contribution >= 4 is 6.47 Å². The van der Waals surface area contributed by atoms with E-state index >= 15 is 0 Å². The topological polar surface area (TPSA) is 58.6 Å². The predicted molar refractivity (Wildman–Crippen MR) is 52.5 cm³/mol. The highest BCUT2D eigenvalue weighted by molar-refractivity contribution is 5.36. The van der Waals surface area contributed by atoms with Gasteiger partial charge in [-0.2, -0.15) is 0 Å². The number of hydrogen-bond donors (Lipinski definition) is 2. The first kappa shape index (κ1) is 14.9. The van der Waals surface area contributed by atoms with E-state index in [1.807, 2.05) is 0 Å². The highest BCUT2D eigenvalue weighted by Gasteiger charge is 2.06. The minimum absolute atomic E-state index is 0.250. The van der Waals surface area contributed by atoms with Crippen LogP contribution >= 0.6 is 0 Å². The van der Waals surface area contributed by atoms with Crippen LogP contribution in [0.15, 0.2) is 0 Å². The molecule has 0 radical (unpaired) electrons. The molecular weight excluding hydrogens is 170 g/mol. The maximum atomic E-state index is 8.95. The van der Waals surface area contributed by atoms with Gasteiger partial charge in [0.1, 0.15) is 0 Å². The molecule has 4 heteroatoms. The molecule has 0 bridgehead atoms. The number of aliphatic hydroxyl groups excluding tert-OH is 1. The first-order valence-corrected chi connectivity index (χ1v) is 4.50. The van der Waals surface area contributed by atoms with E-state index in [9.17, 15) is 0 Å². The quantitative estimate of drug-likeness (QED) is 0.589. The van der Waals surface area contributed by atoms with Gasteiger partial charge >= 0.3 is 0 Å². The summed E-state index contributed by atoms with van der Waals surface area (Å²) in [6.07, 6.45) is 1.38. The van der Waals surface area contributed by atoms with Gasteiger partial charge in [0.2, 0.25) is 0 Å². The Balaban J connectivity index is 0. The molecule has 0 saturated carbocycles. The summed E-state index contributed by atoms with van der Waals surface area (Å²) < 4.78 is 3.86. The average Bonchev–Trinajstić information content (AvgIpc) is 2.58. The van der Waals surface area contributed by atoms with E-state index in [0.29, 0.717) is 6.47 Å². The number of aliphatic hydroxyl groups is 1. The van der Waals surface area contributed by atoms with Gasteiger partial charge in [0.05, 0.1) is 7.11 Å². The van der Waals surface area contributed by atoms with Crippen molar-refractivity contribution in [3.05, 3.63) is 0 Å². The molecule has 0 aliphatic carbocycles. The predicted octanol–water partition coefficient (Wildman–Crippen LogP) is 0.404. The molecule has 1 aliphatic heterocycles. The van der Waals surface area contributed by atoms with Crippen LogP contribution in [0.25, 0.3) is 0 Å². The van der Waals surface area contributed by atoms with Crippen LogP contribution in [0, 0.1) is 5.92 Å². The molecule has 1 unspecified atom stereocenters. The second-order valence-corrected chi connectivity index (χ2v) is 2.75. The van der Waals surface area contributed by atoms with Crippen LogP contribution in [0.5, 0.6) is 0 Å². The minimum atomic E-state index is 0.250. The van der Waals surface area contributed by atoms with Crippen LogP contribution in [-0.4, -0.2) is 38.4 Å². The molecule has 4 nitrogen and oxygen atoms in total. The lowest BCUT2D eigenvalue weighted by atomic mass is 10.2. The van der Waals surface area contributed by atoms with Gasteiger partial charge in [0.25, 0.3) is 6.47 Å². The van der Waals surface area contributed by atoms with E-state index in [1.54, 1.807) is 6.92 Å². The van der Waals surface area contributed by atoms with Crippen LogP contribution in [0.1, 0.15) is 20.3 Å². The van der Waals surface area contributed by atoms with Crippen molar-refractivity contribution < 1.29 is 14.6 Å². The molecule has 1 rings (SSSR count). The van der Waals surface area contributed by atoms with Crippen molar-refractivity contribution in [1.29, 1.82) is 0 Å². The number of ether oxygens (including phenoxy) is 1. The molecule has 13 heavy (non-hydrogen) atoms. The van der Waals surface area contributed by atoms with Crippen molar-refractivity contribution in [2.75, 3.05) is 26.8 Å². The maximum absolute atomic E-state index is 8.95. The number of methoxy groups -OCH3 is 1. The van der Waals surface area contributed by atoms with Gasteiger partial charge in [0, 0.05) is 6.61 Å². The van der Waals surface area contributed by atoms with E-state index in [0.717, 1.165) is 5.92 Å². The SMILES string of the molecule is CC1CCNC1.CCO.COC=O. The normalized spacial score (nSPS) is 18.9. The Morgan fingerprint density at radius 2 is 2.15 bits per heavy atom. The zero-order chi connectivity index (χ0) is 10.5. The Kier molecular flexibility index (Phi) is 16.0. The van der Waals surface area contributed by atoms with Crippen molar-refractivity contribution in [2.45, 2.75) is 20.3 Å². The van der Waals surface area contributed by atoms with Crippen molar-refractivity contribution in [1.82, 2.24) is 5.32 Å². The Morgan fingerprint density at radius 1 is 1.69 bits per heavy atom. The van der Waals surface area contributed by atoms with Gasteiger partial charge in [-0.05, 0) is 32.4 Å². The molecule has 1 aliphatic rings. The first-order chi connectivity index (χ1) is 6.22. The molecule has 2 N–H and O–H groups in total. The van der Waals surface area contributed by atoms with Crippen molar-refractivity contribution in [3.63, 3.8) is 0 Å². The largest absolute Gasteiger partial charge is 0.471 e. The standard InChI is InChI=1S/C5H11N.C2H4O2.C2H6O/c1-5-2-3-6-4-5;1-4-2-3;1-2-3/h5-6H,2-4H2,1H3;2H,1H3;3H,2H2,1H3. The Labute approximate surface area is 80.3 Å². The zero-order valence-corrected chi connectivity index (χ0v) is 8.75. The Morgan fingerprint density at radius 3 is 2.23 bits per heavy atom. The van der Waals surface area contributed by atoms with Crippen molar-refractivity contribution in [2.24, 2.45) is 5.92 Å². The van der Waals surface area contributed by atoms with E-state index in [4.69, 9.17) is 9.90 Å². The number of nitrogens with one attached hydrogen (secondary N) is 1. The molecule has 0 spiro atoms. The van der Waals surface area contributed by atoms with Crippen LogP contribution < -0.4 is 5.32 Å². The van der Waals surface area contributed by atoms with Gasteiger partial charge in [-0.1, -0.05) is 6.92 Å². The summed E-state index contributed by atoms with van der Waals surface area (Å²) in [5.74, 6) is 0.935. The highest BCUT2D eigenvalue weighted by atomic mass is 16.5. The van der Waals surface area contributed by atoms with E-state index in [-0.39, 0.29) is 6.61 Å². The van der Waals surface area contributed by atoms with Crippen LogP contribution in [0.3, 0.4) is 0 Å². The number of hydrogen-bond acceptors (Lipinski definition) is 4. The highest BCUT2D eigenvalue weighted by Crippen LogP contribution is 2.03. The number of carbonyl (C=O) groups excluding carboxylic acids is 1. The summed E-state index contributed by atoms with van der Waals surface area (Å²) in [6, 6.07) is 0.